The Bertz CT molecular complexity index is 876. The van der Waals surface area contributed by atoms with Gasteiger partial charge >= 0.3 is 5.97 Å². The molecule has 2 aromatic carbocycles. The summed E-state index contributed by atoms with van der Waals surface area (Å²) in [6.45, 7) is 0. The summed E-state index contributed by atoms with van der Waals surface area (Å²) in [6, 6.07) is 9.04. The van der Waals surface area contributed by atoms with Crippen LogP contribution in [0.5, 0.6) is 5.75 Å². The number of methoxy groups -OCH3 is 1. The molecule has 0 unspecified atom stereocenters. The van der Waals surface area contributed by atoms with Gasteiger partial charge in [0, 0.05) is 11.8 Å². The molecule has 0 amide bonds. The monoisotopic (exact) mass is 351 g/mol. The van der Waals surface area contributed by atoms with E-state index in [9.17, 15) is 17.6 Å². The Morgan fingerprint density at radius 2 is 1.88 bits per heavy atom. The van der Waals surface area contributed by atoms with Gasteiger partial charge in [-0.1, -0.05) is 6.07 Å². The third kappa shape index (κ3) is 4.32. The lowest BCUT2D eigenvalue weighted by Crippen LogP contribution is -2.14. The molecule has 0 saturated heterocycles. The van der Waals surface area contributed by atoms with Crippen LogP contribution >= 0.6 is 0 Å². The Kier molecular flexibility index (Phi) is 5.20. The molecule has 2 N–H and O–H groups in total. The molecule has 0 aliphatic carbocycles. The Hall–Kier alpha value is -2.87. The number of ether oxygens (including phenoxy) is 1. The largest absolute Gasteiger partial charge is 0.495 e. The highest BCUT2D eigenvalue weighted by Gasteiger charge is 2.20. The van der Waals surface area contributed by atoms with E-state index in [0.717, 1.165) is 18.2 Å². The fraction of sp³-hybridized carbons (Fsp3) is 0.0625. The molecule has 0 aliphatic rings. The van der Waals surface area contributed by atoms with Gasteiger partial charge in [0.1, 0.15) is 16.5 Å². The van der Waals surface area contributed by atoms with Crippen molar-refractivity contribution in [1.82, 2.24) is 0 Å². The first-order chi connectivity index (χ1) is 11.3. The second-order valence-electron chi connectivity index (χ2n) is 4.69. The molecule has 0 radical (unpaired) electrons. The molecule has 0 saturated carbocycles. The molecule has 0 bridgehead atoms. The third-order valence-electron chi connectivity index (χ3n) is 2.99. The van der Waals surface area contributed by atoms with E-state index in [-0.39, 0.29) is 16.3 Å². The molecule has 0 aromatic heterocycles. The molecule has 0 aliphatic heterocycles. The summed E-state index contributed by atoms with van der Waals surface area (Å²) in [4.78, 5) is 10.4. The molecule has 2 rings (SSSR count). The van der Waals surface area contributed by atoms with Crippen molar-refractivity contribution in [3.63, 3.8) is 0 Å². The van der Waals surface area contributed by atoms with E-state index in [4.69, 9.17) is 9.84 Å². The number of anilines is 1. The summed E-state index contributed by atoms with van der Waals surface area (Å²) in [5.74, 6) is -1.55. The molecule has 2 aromatic rings. The zero-order valence-corrected chi connectivity index (χ0v) is 13.4. The van der Waals surface area contributed by atoms with E-state index in [1.165, 1.54) is 43.5 Å². The second-order valence-corrected chi connectivity index (χ2v) is 6.35. The van der Waals surface area contributed by atoms with Gasteiger partial charge < -0.3 is 9.84 Å². The number of halogens is 1. The highest BCUT2D eigenvalue weighted by atomic mass is 32.2. The molecule has 8 heteroatoms. The van der Waals surface area contributed by atoms with E-state index in [1.807, 2.05) is 0 Å². The number of nitrogens with one attached hydrogen (secondary N) is 1. The maximum Gasteiger partial charge on any atom is 0.328 e. The SMILES string of the molecule is COc1ccc(C=CC(=O)O)cc1S(=O)(=O)Nc1ccc(F)cc1. The van der Waals surface area contributed by atoms with Crippen LogP contribution in [0.15, 0.2) is 53.4 Å². The Morgan fingerprint density at radius 3 is 2.46 bits per heavy atom. The Balaban J connectivity index is 2.41. The standard InChI is InChI=1S/C16H14FNO5S/c1-23-14-8-2-11(3-9-16(19)20)10-15(14)24(21,22)18-13-6-4-12(17)5-7-13/h2-10,18H,1H3,(H,19,20). The van der Waals surface area contributed by atoms with Crippen LogP contribution in [0.4, 0.5) is 10.1 Å². The molecule has 0 heterocycles. The first kappa shape index (κ1) is 17.5. The predicted octanol–water partition coefficient (Wildman–Crippen LogP) is 2.73. The molecule has 0 spiro atoms. The van der Waals surface area contributed by atoms with Crippen molar-refractivity contribution in [2.24, 2.45) is 0 Å². The molecule has 24 heavy (non-hydrogen) atoms. The number of carboxylic acid groups (broad SMARTS) is 1. The van der Waals surface area contributed by atoms with Crippen molar-refractivity contribution >= 4 is 27.8 Å². The quantitative estimate of drug-likeness (QED) is 0.781. The van der Waals surface area contributed by atoms with Crippen LogP contribution in [0, 0.1) is 5.82 Å². The molecule has 0 fully saturated rings. The van der Waals surface area contributed by atoms with Crippen LogP contribution in [0.1, 0.15) is 5.56 Å². The van der Waals surface area contributed by atoms with E-state index in [1.54, 1.807) is 0 Å². The number of sulfonamides is 1. The Morgan fingerprint density at radius 1 is 1.21 bits per heavy atom. The number of aliphatic carboxylic acids is 1. The zero-order valence-electron chi connectivity index (χ0n) is 12.6. The number of carboxylic acids is 1. The lowest BCUT2D eigenvalue weighted by atomic mass is 10.2. The Labute approximate surface area is 138 Å². The fourth-order valence-electron chi connectivity index (χ4n) is 1.90. The smallest absolute Gasteiger partial charge is 0.328 e. The minimum Gasteiger partial charge on any atom is -0.495 e. The van der Waals surface area contributed by atoms with Gasteiger partial charge in [0.05, 0.1) is 7.11 Å². The van der Waals surface area contributed by atoms with Crippen LogP contribution in [-0.2, 0) is 14.8 Å². The summed E-state index contributed by atoms with van der Waals surface area (Å²) >= 11 is 0. The van der Waals surface area contributed by atoms with Crippen LogP contribution in [-0.4, -0.2) is 26.6 Å². The van der Waals surface area contributed by atoms with E-state index in [2.05, 4.69) is 4.72 Å². The van der Waals surface area contributed by atoms with Crippen LogP contribution in [0.2, 0.25) is 0 Å². The van der Waals surface area contributed by atoms with Gasteiger partial charge in [0.15, 0.2) is 0 Å². The predicted molar refractivity (Wildman–Crippen MR) is 86.9 cm³/mol. The van der Waals surface area contributed by atoms with Crippen molar-refractivity contribution in [3.8, 4) is 5.75 Å². The van der Waals surface area contributed by atoms with Gasteiger partial charge in [-0.15, -0.1) is 0 Å². The normalized spacial score (nSPS) is 11.4. The van der Waals surface area contributed by atoms with Gasteiger partial charge in [-0.3, -0.25) is 4.72 Å². The van der Waals surface area contributed by atoms with Gasteiger partial charge in [-0.25, -0.2) is 17.6 Å². The molecular weight excluding hydrogens is 337 g/mol. The van der Waals surface area contributed by atoms with Gasteiger partial charge in [-0.2, -0.15) is 0 Å². The number of hydrogen-bond acceptors (Lipinski definition) is 4. The number of benzene rings is 2. The van der Waals surface area contributed by atoms with Crippen molar-refractivity contribution in [3.05, 3.63) is 59.9 Å². The second kappa shape index (κ2) is 7.14. The van der Waals surface area contributed by atoms with Crippen LogP contribution in [0.3, 0.4) is 0 Å². The summed E-state index contributed by atoms with van der Waals surface area (Å²) in [7, 11) is -2.69. The van der Waals surface area contributed by atoms with Gasteiger partial charge in [0.25, 0.3) is 10.0 Å². The summed E-state index contributed by atoms with van der Waals surface area (Å²) < 4.78 is 45.3. The third-order valence-corrected chi connectivity index (χ3v) is 4.39. The lowest BCUT2D eigenvalue weighted by molar-refractivity contribution is -0.131. The average molecular weight is 351 g/mol. The van der Waals surface area contributed by atoms with E-state index < -0.39 is 21.8 Å². The number of hydrogen-bond donors (Lipinski definition) is 2. The van der Waals surface area contributed by atoms with Crippen molar-refractivity contribution in [2.75, 3.05) is 11.8 Å². The molecule has 6 nitrogen and oxygen atoms in total. The summed E-state index contributed by atoms with van der Waals surface area (Å²) in [5, 5.41) is 8.65. The minimum atomic E-state index is -4.01. The number of carbonyl (C=O) groups is 1. The van der Waals surface area contributed by atoms with E-state index in [0.29, 0.717) is 5.56 Å². The molecule has 0 atom stereocenters. The van der Waals surface area contributed by atoms with Crippen molar-refractivity contribution in [2.45, 2.75) is 4.90 Å². The first-order valence-electron chi connectivity index (χ1n) is 6.69. The highest BCUT2D eigenvalue weighted by Crippen LogP contribution is 2.27. The van der Waals surface area contributed by atoms with Crippen molar-refractivity contribution in [1.29, 1.82) is 0 Å². The maximum absolute atomic E-state index is 12.9. The summed E-state index contributed by atoms with van der Waals surface area (Å²) in [5.41, 5.74) is 0.558. The van der Waals surface area contributed by atoms with Gasteiger partial charge in [-0.05, 0) is 48.0 Å². The van der Waals surface area contributed by atoms with Crippen LogP contribution in [0.25, 0.3) is 6.08 Å². The van der Waals surface area contributed by atoms with Gasteiger partial charge in [0.2, 0.25) is 0 Å². The minimum absolute atomic E-state index is 0.0945. The van der Waals surface area contributed by atoms with E-state index >= 15 is 0 Å². The molecule has 126 valence electrons. The first-order valence-corrected chi connectivity index (χ1v) is 8.17. The van der Waals surface area contributed by atoms with Crippen LogP contribution < -0.4 is 9.46 Å². The average Bonchev–Trinajstić information content (AvgIpc) is 2.54. The number of rotatable bonds is 6. The van der Waals surface area contributed by atoms with Crippen molar-refractivity contribution < 1.29 is 27.4 Å². The molecular formula is C16H14FNO5S. The highest BCUT2D eigenvalue weighted by molar-refractivity contribution is 7.92. The zero-order chi connectivity index (χ0) is 17.7. The fourth-order valence-corrected chi connectivity index (χ4v) is 3.17. The lowest BCUT2D eigenvalue weighted by Gasteiger charge is -2.12. The summed E-state index contributed by atoms with van der Waals surface area (Å²) in [6.07, 6.45) is 2.16. The maximum atomic E-state index is 12.9. The topological polar surface area (TPSA) is 92.7 Å².